The Labute approximate surface area is 163 Å². The minimum absolute atomic E-state index is 0.0471. The fourth-order valence-electron chi connectivity index (χ4n) is 2.58. The predicted octanol–water partition coefficient (Wildman–Crippen LogP) is 4.74. The van der Waals surface area contributed by atoms with E-state index in [1.807, 2.05) is 44.2 Å². The van der Waals surface area contributed by atoms with Crippen molar-refractivity contribution in [1.29, 1.82) is 5.26 Å². The van der Waals surface area contributed by atoms with Gasteiger partial charge in [-0.2, -0.15) is 5.26 Å². The monoisotopic (exact) mass is 372 g/mol. The van der Waals surface area contributed by atoms with Gasteiger partial charge in [0.05, 0.1) is 23.4 Å². The summed E-state index contributed by atoms with van der Waals surface area (Å²) in [5, 5.41) is 15.0. The fraction of sp³-hybridized carbons (Fsp3) is 0.136. The van der Waals surface area contributed by atoms with Crippen molar-refractivity contribution in [3.05, 3.63) is 78.1 Å². The molecular formula is C22H20N4O2. The maximum Gasteiger partial charge on any atom is 0.274 e. The lowest BCUT2D eigenvalue weighted by Gasteiger charge is -2.15. The lowest BCUT2D eigenvalue weighted by Crippen LogP contribution is -2.14. The van der Waals surface area contributed by atoms with E-state index < -0.39 is 0 Å². The summed E-state index contributed by atoms with van der Waals surface area (Å²) in [5.74, 6) is 0.374. The summed E-state index contributed by atoms with van der Waals surface area (Å²) in [6.07, 6.45) is 1.61. The zero-order chi connectivity index (χ0) is 19.9. The Kier molecular flexibility index (Phi) is 5.87. The molecular weight excluding hydrogens is 352 g/mol. The molecule has 0 saturated carbocycles. The molecule has 1 amide bonds. The molecule has 0 aliphatic carbocycles. The third-order valence-electron chi connectivity index (χ3n) is 3.77. The molecule has 0 unspecified atom stereocenters. The van der Waals surface area contributed by atoms with Gasteiger partial charge in [-0.1, -0.05) is 18.2 Å². The highest BCUT2D eigenvalue weighted by atomic mass is 16.5. The fourth-order valence-corrected chi connectivity index (χ4v) is 2.58. The minimum atomic E-state index is -0.356. The molecule has 3 aromatic rings. The minimum Gasteiger partial charge on any atom is -0.489 e. The van der Waals surface area contributed by atoms with E-state index in [0.29, 0.717) is 16.9 Å². The number of carbonyl (C=O) groups excluding carboxylic acids is 1. The van der Waals surface area contributed by atoms with E-state index in [2.05, 4.69) is 15.6 Å². The number of pyridine rings is 1. The van der Waals surface area contributed by atoms with Gasteiger partial charge in [-0.25, -0.2) is 0 Å². The number of nitrogens with zero attached hydrogens (tertiary/aromatic N) is 2. The lowest BCUT2D eigenvalue weighted by atomic mass is 10.2. The summed E-state index contributed by atoms with van der Waals surface area (Å²) in [4.78, 5) is 16.7. The van der Waals surface area contributed by atoms with Crippen LogP contribution in [0.4, 0.5) is 17.1 Å². The van der Waals surface area contributed by atoms with E-state index in [1.165, 1.54) is 0 Å². The van der Waals surface area contributed by atoms with Gasteiger partial charge in [0.1, 0.15) is 11.4 Å². The molecule has 0 aliphatic rings. The Morgan fingerprint density at radius 2 is 1.89 bits per heavy atom. The van der Waals surface area contributed by atoms with Gasteiger partial charge in [-0.3, -0.25) is 9.78 Å². The lowest BCUT2D eigenvalue weighted by molar-refractivity contribution is 0.102. The topological polar surface area (TPSA) is 87.0 Å². The molecule has 0 aliphatic heterocycles. The number of carbonyl (C=O) groups is 1. The number of nitriles is 1. The van der Waals surface area contributed by atoms with Crippen molar-refractivity contribution in [3.8, 4) is 11.8 Å². The summed E-state index contributed by atoms with van der Waals surface area (Å²) in [7, 11) is 0. The van der Waals surface area contributed by atoms with E-state index in [-0.39, 0.29) is 17.7 Å². The summed E-state index contributed by atoms with van der Waals surface area (Å²) >= 11 is 0. The first kappa shape index (κ1) is 18.9. The van der Waals surface area contributed by atoms with Gasteiger partial charge in [0.2, 0.25) is 0 Å². The highest BCUT2D eigenvalue weighted by molar-refractivity contribution is 6.03. The van der Waals surface area contributed by atoms with Crippen molar-refractivity contribution in [3.63, 3.8) is 0 Å². The molecule has 1 heterocycles. The molecule has 0 saturated heterocycles. The summed E-state index contributed by atoms with van der Waals surface area (Å²) < 4.78 is 5.81. The Morgan fingerprint density at radius 3 is 2.68 bits per heavy atom. The van der Waals surface area contributed by atoms with Gasteiger partial charge in [-0.05, 0) is 56.3 Å². The summed E-state index contributed by atoms with van der Waals surface area (Å²) in [6, 6.07) is 19.8. The second kappa shape index (κ2) is 8.69. The predicted molar refractivity (Wildman–Crippen MR) is 109 cm³/mol. The normalized spacial score (nSPS) is 10.2. The van der Waals surface area contributed by atoms with Crippen LogP contribution in [0, 0.1) is 11.3 Å². The average Bonchev–Trinajstić information content (AvgIpc) is 2.69. The SMILES string of the molecule is CC(C)Oc1ccccc1Nc1ccnc(C(=O)Nc2cccc(C#N)c2)c1. The molecule has 0 atom stereocenters. The van der Waals surface area contributed by atoms with Crippen LogP contribution >= 0.6 is 0 Å². The first-order valence-corrected chi connectivity index (χ1v) is 8.85. The first-order chi connectivity index (χ1) is 13.5. The number of hydrogen-bond donors (Lipinski definition) is 2. The third kappa shape index (κ3) is 4.86. The molecule has 3 rings (SSSR count). The molecule has 0 spiro atoms. The van der Waals surface area contributed by atoms with Crippen LogP contribution < -0.4 is 15.4 Å². The van der Waals surface area contributed by atoms with Gasteiger partial charge in [0.15, 0.2) is 0 Å². The smallest absolute Gasteiger partial charge is 0.274 e. The second-order valence-corrected chi connectivity index (χ2v) is 6.36. The molecule has 1 aromatic heterocycles. The number of ether oxygens (including phenoxy) is 1. The highest BCUT2D eigenvalue weighted by Gasteiger charge is 2.11. The van der Waals surface area contributed by atoms with Crippen LogP contribution in [0.3, 0.4) is 0 Å². The Hall–Kier alpha value is -3.85. The molecule has 2 N–H and O–H groups in total. The van der Waals surface area contributed by atoms with E-state index in [9.17, 15) is 4.79 Å². The Morgan fingerprint density at radius 1 is 1.07 bits per heavy atom. The number of aromatic nitrogens is 1. The number of nitrogens with one attached hydrogen (secondary N) is 2. The van der Waals surface area contributed by atoms with Gasteiger partial charge in [0.25, 0.3) is 5.91 Å². The van der Waals surface area contributed by atoms with Gasteiger partial charge >= 0.3 is 0 Å². The van der Waals surface area contributed by atoms with Crippen molar-refractivity contribution >= 4 is 23.0 Å². The second-order valence-electron chi connectivity index (χ2n) is 6.36. The molecule has 6 heteroatoms. The maximum atomic E-state index is 12.5. The van der Waals surface area contributed by atoms with E-state index in [1.54, 1.807) is 42.6 Å². The third-order valence-corrected chi connectivity index (χ3v) is 3.77. The molecule has 0 bridgehead atoms. The highest BCUT2D eigenvalue weighted by Crippen LogP contribution is 2.28. The van der Waals surface area contributed by atoms with Crippen LogP contribution in [-0.2, 0) is 0 Å². The van der Waals surface area contributed by atoms with Crippen molar-refractivity contribution in [2.75, 3.05) is 10.6 Å². The average molecular weight is 372 g/mol. The maximum absolute atomic E-state index is 12.5. The number of amides is 1. The molecule has 6 nitrogen and oxygen atoms in total. The molecule has 0 fully saturated rings. The number of anilines is 3. The number of benzene rings is 2. The molecule has 0 radical (unpaired) electrons. The van der Waals surface area contributed by atoms with E-state index in [4.69, 9.17) is 10.00 Å². The van der Waals surface area contributed by atoms with Gasteiger partial charge in [-0.15, -0.1) is 0 Å². The van der Waals surface area contributed by atoms with Crippen LogP contribution in [0.25, 0.3) is 0 Å². The van der Waals surface area contributed by atoms with Crippen LogP contribution in [-0.4, -0.2) is 17.0 Å². The number of rotatable bonds is 6. The quantitative estimate of drug-likeness (QED) is 0.653. The van der Waals surface area contributed by atoms with Crippen molar-refractivity contribution < 1.29 is 9.53 Å². The molecule has 140 valence electrons. The zero-order valence-electron chi connectivity index (χ0n) is 15.6. The summed E-state index contributed by atoms with van der Waals surface area (Å²) in [5.41, 5.74) is 2.79. The number of hydrogen-bond acceptors (Lipinski definition) is 5. The number of para-hydroxylation sites is 2. The largest absolute Gasteiger partial charge is 0.489 e. The van der Waals surface area contributed by atoms with Gasteiger partial charge in [0, 0.05) is 17.6 Å². The van der Waals surface area contributed by atoms with Crippen molar-refractivity contribution in [2.24, 2.45) is 0 Å². The zero-order valence-corrected chi connectivity index (χ0v) is 15.6. The molecule has 28 heavy (non-hydrogen) atoms. The Balaban J connectivity index is 1.77. The Bertz CT molecular complexity index is 1020. The van der Waals surface area contributed by atoms with Crippen LogP contribution in [0.1, 0.15) is 29.9 Å². The van der Waals surface area contributed by atoms with Crippen LogP contribution in [0.15, 0.2) is 66.9 Å². The molecule has 2 aromatic carbocycles. The summed E-state index contributed by atoms with van der Waals surface area (Å²) in [6.45, 7) is 3.93. The van der Waals surface area contributed by atoms with Gasteiger partial charge < -0.3 is 15.4 Å². The first-order valence-electron chi connectivity index (χ1n) is 8.85. The van der Waals surface area contributed by atoms with E-state index in [0.717, 1.165) is 11.4 Å². The standard InChI is InChI=1S/C22H20N4O2/c1-15(2)28-21-9-4-3-8-19(21)25-18-10-11-24-20(13-18)22(27)26-17-7-5-6-16(12-17)14-23/h3-13,15H,1-2H3,(H,24,25)(H,26,27). The van der Waals surface area contributed by atoms with Crippen molar-refractivity contribution in [2.45, 2.75) is 20.0 Å². The van der Waals surface area contributed by atoms with Crippen LogP contribution in [0.5, 0.6) is 5.75 Å². The van der Waals surface area contributed by atoms with Crippen LogP contribution in [0.2, 0.25) is 0 Å². The van der Waals surface area contributed by atoms with E-state index >= 15 is 0 Å². The van der Waals surface area contributed by atoms with Crippen molar-refractivity contribution in [1.82, 2.24) is 4.98 Å².